The number of benzene rings is 2. The molecule has 0 spiro atoms. The number of fused-ring (bicyclic) bond motifs is 1. The van der Waals surface area contributed by atoms with Crippen LogP contribution in [0.3, 0.4) is 0 Å². The van der Waals surface area contributed by atoms with Crippen LogP contribution in [0, 0.1) is 0 Å². The lowest BCUT2D eigenvalue weighted by molar-refractivity contribution is -0.117. The minimum absolute atomic E-state index is 0.000233. The molecule has 4 nitrogen and oxygen atoms in total. The molecule has 0 unspecified atom stereocenters. The Bertz CT molecular complexity index is 985. The summed E-state index contributed by atoms with van der Waals surface area (Å²) in [7, 11) is 0. The van der Waals surface area contributed by atoms with Crippen LogP contribution in [0.15, 0.2) is 72.1 Å². The van der Waals surface area contributed by atoms with Crippen LogP contribution in [0.5, 0.6) is 0 Å². The van der Waals surface area contributed by atoms with Gasteiger partial charge in [0, 0.05) is 24.3 Å². The number of nitrogens with zero attached hydrogens (tertiary/aromatic N) is 2. The highest BCUT2D eigenvalue weighted by Crippen LogP contribution is 2.42. The van der Waals surface area contributed by atoms with E-state index >= 15 is 0 Å². The van der Waals surface area contributed by atoms with E-state index in [0.29, 0.717) is 11.3 Å². The van der Waals surface area contributed by atoms with Gasteiger partial charge in [0.15, 0.2) is 0 Å². The summed E-state index contributed by atoms with van der Waals surface area (Å²) < 4.78 is 0. The summed E-state index contributed by atoms with van der Waals surface area (Å²) in [5, 5.41) is 1.92. The molecule has 2 heterocycles. The Labute approximate surface area is 169 Å². The zero-order chi connectivity index (χ0) is 19.7. The second kappa shape index (κ2) is 7.60. The lowest BCUT2D eigenvalue weighted by Gasteiger charge is -2.43. The average Bonchev–Trinajstić information content (AvgIpc) is 3.23. The number of anilines is 2. The molecular formula is C23H22N2O2S. The van der Waals surface area contributed by atoms with Gasteiger partial charge >= 0.3 is 0 Å². The Morgan fingerprint density at radius 3 is 2.39 bits per heavy atom. The van der Waals surface area contributed by atoms with Gasteiger partial charge in [-0.25, -0.2) is 0 Å². The van der Waals surface area contributed by atoms with Gasteiger partial charge in [0.2, 0.25) is 5.91 Å². The van der Waals surface area contributed by atoms with E-state index in [1.165, 1.54) is 11.3 Å². The summed E-state index contributed by atoms with van der Waals surface area (Å²) >= 11 is 1.45. The molecule has 2 atom stereocenters. The van der Waals surface area contributed by atoms with Crippen LogP contribution >= 0.6 is 11.3 Å². The first kappa shape index (κ1) is 18.4. The fourth-order valence-electron chi connectivity index (χ4n) is 4.05. The molecule has 0 saturated heterocycles. The number of carbonyl (C=O) groups excluding carboxylic acids is 2. The van der Waals surface area contributed by atoms with Crippen molar-refractivity contribution in [2.24, 2.45) is 0 Å². The lowest BCUT2D eigenvalue weighted by atomic mass is 9.90. The highest BCUT2D eigenvalue weighted by atomic mass is 32.1. The van der Waals surface area contributed by atoms with Crippen molar-refractivity contribution in [3.05, 3.63) is 82.6 Å². The molecular weight excluding hydrogens is 368 g/mol. The Morgan fingerprint density at radius 1 is 1.00 bits per heavy atom. The van der Waals surface area contributed by atoms with E-state index in [9.17, 15) is 9.59 Å². The zero-order valence-corrected chi connectivity index (χ0v) is 16.7. The van der Waals surface area contributed by atoms with Crippen LogP contribution in [-0.2, 0) is 4.79 Å². The van der Waals surface area contributed by atoms with E-state index in [4.69, 9.17) is 0 Å². The van der Waals surface area contributed by atoms with Crippen molar-refractivity contribution >= 4 is 34.5 Å². The summed E-state index contributed by atoms with van der Waals surface area (Å²) in [6.45, 7) is 3.64. The predicted molar refractivity (Wildman–Crippen MR) is 114 cm³/mol. The van der Waals surface area contributed by atoms with Gasteiger partial charge in [-0.15, -0.1) is 11.3 Å². The number of amides is 2. The van der Waals surface area contributed by atoms with Gasteiger partial charge < -0.3 is 9.80 Å². The maximum Gasteiger partial charge on any atom is 0.268 e. The molecule has 0 N–H and O–H groups in total. The Hall–Kier alpha value is -2.92. The maximum atomic E-state index is 13.5. The molecule has 4 rings (SSSR count). The SMILES string of the molecule is CC(=O)N1c2ccccc2[C@H](N(C(=O)c2cccs2)c2ccccc2)C[C@H]1C. The summed E-state index contributed by atoms with van der Waals surface area (Å²) in [6.07, 6.45) is 0.683. The molecule has 1 aliphatic rings. The molecule has 5 heteroatoms. The monoisotopic (exact) mass is 390 g/mol. The van der Waals surface area contributed by atoms with Crippen LogP contribution < -0.4 is 9.80 Å². The summed E-state index contributed by atoms with van der Waals surface area (Å²) in [4.78, 5) is 30.2. The fraction of sp³-hybridized carbons (Fsp3) is 0.217. The number of hydrogen-bond donors (Lipinski definition) is 0. The highest BCUT2D eigenvalue weighted by Gasteiger charge is 2.38. The van der Waals surface area contributed by atoms with Crippen LogP contribution in [0.25, 0.3) is 0 Å². The van der Waals surface area contributed by atoms with Crippen LogP contribution in [-0.4, -0.2) is 17.9 Å². The van der Waals surface area contributed by atoms with Gasteiger partial charge in [-0.2, -0.15) is 0 Å². The lowest BCUT2D eigenvalue weighted by Crippen LogP contribution is -2.47. The number of carbonyl (C=O) groups is 2. The van der Waals surface area contributed by atoms with E-state index in [1.807, 2.05) is 88.8 Å². The van der Waals surface area contributed by atoms with Crippen molar-refractivity contribution in [3.63, 3.8) is 0 Å². The first-order valence-corrected chi connectivity index (χ1v) is 10.3. The van der Waals surface area contributed by atoms with E-state index < -0.39 is 0 Å². The molecule has 1 aliphatic heterocycles. The van der Waals surface area contributed by atoms with Gasteiger partial charge in [-0.1, -0.05) is 42.5 Å². The highest BCUT2D eigenvalue weighted by molar-refractivity contribution is 7.12. The number of para-hydroxylation sites is 2. The maximum absolute atomic E-state index is 13.5. The minimum atomic E-state index is -0.140. The smallest absolute Gasteiger partial charge is 0.268 e. The topological polar surface area (TPSA) is 40.6 Å². The average molecular weight is 391 g/mol. The largest absolute Gasteiger partial charge is 0.309 e. The Morgan fingerprint density at radius 2 is 1.71 bits per heavy atom. The third-order valence-electron chi connectivity index (χ3n) is 5.20. The van der Waals surface area contributed by atoms with Gasteiger partial charge in [0.05, 0.1) is 10.9 Å². The third-order valence-corrected chi connectivity index (χ3v) is 6.05. The molecule has 2 amide bonds. The van der Waals surface area contributed by atoms with Crippen molar-refractivity contribution < 1.29 is 9.59 Å². The molecule has 0 saturated carbocycles. The molecule has 142 valence electrons. The Kier molecular flexibility index (Phi) is 5.01. The van der Waals surface area contributed by atoms with Gasteiger partial charge in [-0.3, -0.25) is 9.59 Å². The Balaban J connectivity index is 1.85. The predicted octanol–water partition coefficient (Wildman–Crippen LogP) is 5.28. The molecule has 0 radical (unpaired) electrons. The van der Waals surface area contributed by atoms with Gasteiger partial charge in [0.25, 0.3) is 5.91 Å². The van der Waals surface area contributed by atoms with E-state index in [-0.39, 0.29) is 23.9 Å². The molecule has 1 aromatic heterocycles. The summed E-state index contributed by atoms with van der Waals surface area (Å²) in [6, 6.07) is 21.3. The molecule has 2 aromatic carbocycles. The minimum Gasteiger partial charge on any atom is -0.309 e. The van der Waals surface area contributed by atoms with Crippen molar-refractivity contribution in [1.82, 2.24) is 0 Å². The normalized spacial score (nSPS) is 18.4. The first-order chi connectivity index (χ1) is 13.6. The van der Waals surface area contributed by atoms with E-state index in [1.54, 1.807) is 6.92 Å². The zero-order valence-electron chi connectivity index (χ0n) is 15.9. The summed E-state index contributed by atoms with van der Waals surface area (Å²) in [5.74, 6) is 0.0127. The standard InChI is InChI=1S/C23H22N2O2S/c1-16-15-21(19-11-6-7-12-20(19)24(16)17(2)26)25(18-9-4-3-5-10-18)23(27)22-13-8-14-28-22/h3-14,16,21H,15H2,1-2H3/t16-,21-/m1/s1. The van der Waals surface area contributed by atoms with Gasteiger partial charge in [-0.05, 0) is 48.6 Å². The van der Waals surface area contributed by atoms with Crippen LogP contribution in [0.2, 0.25) is 0 Å². The molecule has 0 fully saturated rings. The van der Waals surface area contributed by atoms with Crippen molar-refractivity contribution in [1.29, 1.82) is 0 Å². The fourth-order valence-corrected chi connectivity index (χ4v) is 4.71. The second-order valence-electron chi connectivity index (χ2n) is 7.04. The molecule has 0 bridgehead atoms. The second-order valence-corrected chi connectivity index (χ2v) is 7.98. The third kappa shape index (κ3) is 3.22. The first-order valence-electron chi connectivity index (χ1n) is 9.38. The number of hydrogen-bond acceptors (Lipinski definition) is 3. The number of thiophene rings is 1. The molecule has 0 aliphatic carbocycles. The van der Waals surface area contributed by atoms with E-state index in [2.05, 4.69) is 0 Å². The van der Waals surface area contributed by atoms with Crippen molar-refractivity contribution in [3.8, 4) is 0 Å². The van der Waals surface area contributed by atoms with Gasteiger partial charge in [0.1, 0.15) is 0 Å². The molecule has 28 heavy (non-hydrogen) atoms. The van der Waals surface area contributed by atoms with Crippen LogP contribution in [0.4, 0.5) is 11.4 Å². The van der Waals surface area contributed by atoms with Crippen molar-refractivity contribution in [2.75, 3.05) is 9.80 Å². The molecule has 3 aromatic rings. The number of rotatable bonds is 3. The quantitative estimate of drug-likeness (QED) is 0.610. The van der Waals surface area contributed by atoms with Crippen LogP contribution in [0.1, 0.15) is 41.5 Å². The van der Waals surface area contributed by atoms with E-state index in [0.717, 1.165) is 16.9 Å². The van der Waals surface area contributed by atoms with Crippen molar-refractivity contribution in [2.45, 2.75) is 32.4 Å². The summed E-state index contributed by atoms with van der Waals surface area (Å²) in [5.41, 5.74) is 2.76.